The molecule has 0 aliphatic heterocycles. The van der Waals surface area contributed by atoms with Crippen molar-refractivity contribution in [3.63, 3.8) is 0 Å². The van der Waals surface area contributed by atoms with Gasteiger partial charge in [-0.3, -0.25) is 19.2 Å². The third-order valence-corrected chi connectivity index (χ3v) is 5.09. The first-order valence-corrected chi connectivity index (χ1v) is 13.5. The number of nitrogens with one attached hydrogen (secondary N) is 4. The van der Waals surface area contributed by atoms with Crippen molar-refractivity contribution >= 4 is 74.1 Å². The maximum absolute atomic E-state index is 11.7. The molecule has 0 saturated heterocycles. The molecule has 0 radical (unpaired) electrons. The second kappa shape index (κ2) is 18.9. The molecule has 0 fully saturated rings. The molecule has 0 bridgehead atoms. The molecule has 1 heterocycles. The summed E-state index contributed by atoms with van der Waals surface area (Å²) in [5.41, 5.74) is 1.37. The highest BCUT2D eigenvalue weighted by Crippen LogP contribution is 2.05. The number of carbonyl (C=O) groups excluding carboxylic acids is 4. The van der Waals surface area contributed by atoms with E-state index in [4.69, 9.17) is 0 Å². The lowest BCUT2D eigenvalue weighted by molar-refractivity contribution is 0.0935. The maximum atomic E-state index is 11.7. The highest BCUT2D eigenvalue weighted by atomic mass is 32.1. The summed E-state index contributed by atoms with van der Waals surface area (Å²) in [4.78, 5) is 50.7. The lowest BCUT2D eigenvalue weighted by Gasteiger charge is -2.06. The summed E-state index contributed by atoms with van der Waals surface area (Å²) in [6, 6.07) is 11.3. The molecule has 0 unspecified atom stereocenters. The number of thiol groups is 4. The van der Waals surface area contributed by atoms with Gasteiger partial charge in [0.25, 0.3) is 23.6 Å². The summed E-state index contributed by atoms with van der Waals surface area (Å²) in [6.45, 7) is 1.91. The van der Waals surface area contributed by atoms with Gasteiger partial charge in [0.1, 0.15) is 11.4 Å². The molecule has 1 aromatic carbocycles. The number of hydrogen-bond acceptors (Lipinski definition) is 9. The molecular weight excluding hydrogens is 539 g/mol. The first-order valence-electron chi connectivity index (χ1n) is 11.0. The van der Waals surface area contributed by atoms with E-state index in [1.165, 1.54) is 0 Å². The normalized spacial score (nSPS) is 9.89. The van der Waals surface area contributed by atoms with Crippen LogP contribution in [0.5, 0.6) is 0 Å². The summed E-state index contributed by atoms with van der Waals surface area (Å²) >= 11 is 16.0. The highest BCUT2D eigenvalue weighted by Gasteiger charge is 2.11. The van der Waals surface area contributed by atoms with Crippen LogP contribution in [0.1, 0.15) is 41.7 Å². The summed E-state index contributed by atoms with van der Waals surface area (Å²) < 4.78 is 0. The largest absolute Gasteiger partial charge is 0.351 e. The fourth-order valence-corrected chi connectivity index (χ4v) is 3.00. The van der Waals surface area contributed by atoms with Crippen LogP contribution in [-0.2, 0) is 0 Å². The van der Waals surface area contributed by atoms with Gasteiger partial charge in [0.2, 0.25) is 0 Å². The lowest BCUT2D eigenvalue weighted by Crippen LogP contribution is -2.29. The summed E-state index contributed by atoms with van der Waals surface area (Å²) in [6.07, 6.45) is 0. The molecule has 4 amide bonds. The second-order valence-electron chi connectivity index (χ2n) is 6.91. The van der Waals surface area contributed by atoms with Crippen LogP contribution in [0.25, 0.3) is 0 Å². The van der Waals surface area contributed by atoms with E-state index in [2.05, 4.69) is 76.8 Å². The quantitative estimate of drug-likeness (QED) is 0.183. The molecule has 196 valence electrons. The van der Waals surface area contributed by atoms with Crippen molar-refractivity contribution in [1.29, 1.82) is 0 Å². The number of amides is 4. The molecule has 36 heavy (non-hydrogen) atoms. The van der Waals surface area contributed by atoms with Gasteiger partial charge >= 0.3 is 0 Å². The Hall–Kier alpha value is -2.35. The second-order valence-corrected chi connectivity index (χ2v) is 8.70. The minimum absolute atomic E-state index is 0.201. The summed E-state index contributed by atoms with van der Waals surface area (Å²) in [7, 11) is 0. The standard InChI is InChI=1S/C12H16N2O2S2.C11H15N3O2S2/c15-11(13-4-6-17)9-2-1-3-10(8-9)12(16)14-5-7-18;15-10(12-4-6-17)8-2-1-3-9(14-8)11(16)13-5-7-18/h1-3,8,17-18H,4-7H2,(H,13,15)(H,14,16);1-3,17-18H,4-7H2,(H,12,15)(H,13,16). The minimum atomic E-state index is -0.312. The smallest absolute Gasteiger partial charge is 0.269 e. The number of hydrogen-bond donors (Lipinski definition) is 8. The minimum Gasteiger partial charge on any atom is -0.351 e. The van der Waals surface area contributed by atoms with Crippen molar-refractivity contribution in [2.75, 3.05) is 49.2 Å². The van der Waals surface area contributed by atoms with Crippen LogP contribution in [0.3, 0.4) is 0 Å². The lowest BCUT2D eigenvalue weighted by atomic mass is 10.1. The average Bonchev–Trinajstić information content (AvgIpc) is 2.92. The highest BCUT2D eigenvalue weighted by molar-refractivity contribution is 7.80. The molecule has 0 spiro atoms. The Bertz CT molecular complexity index is 860. The number of benzene rings is 1. The average molecular weight is 570 g/mol. The van der Waals surface area contributed by atoms with Gasteiger partial charge < -0.3 is 21.3 Å². The Morgan fingerprint density at radius 3 is 1.25 bits per heavy atom. The Kier molecular flexibility index (Phi) is 16.6. The van der Waals surface area contributed by atoms with Crippen molar-refractivity contribution in [3.05, 3.63) is 65.0 Å². The van der Waals surface area contributed by atoms with Gasteiger partial charge in [-0.1, -0.05) is 12.1 Å². The number of nitrogens with zero attached hydrogens (tertiary/aromatic N) is 1. The van der Waals surface area contributed by atoms with Crippen LogP contribution < -0.4 is 21.3 Å². The SMILES string of the molecule is O=C(NCCS)c1cccc(C(=O)NCCS)c1.O=C(NCCS)c1cccc(C(=O)NCCS)n1. The van der Waals surface area contributed by atoms with E-state index in [-0.39, 0.29) is 35.0 Å². The zero-order valence-corrected chi connectivity index (χ0v) is 23.1. The van der Waals surface area contributed by atoms with Crippen LogP contribution in [-0.4, -0.2) is 77.8 Å². The van der Waals surface area contributed by atoms with E-state index in [0.29, 0.717) is 60.3 Å². The molecule has 9 nitrogen and oxygen atoms in total. The zero-order valence-electron chi connectivity index (χ0n) is 19.6. The molecule has 1 aromatic heterocycles. The van der Waals surface area contributed by atoms with Crippen molar-refractivity contribution in [3.8, 4) is 0 Å². The third-order valence-electron chi connectivity index (χ3n) is 4.19. The van der Waals surface area contributed by atoms with Crippen LogP contribution >= 0.6 is 50.5 Å². The summed E-state index contributed by atoms with van der Waals surface area (Å²) in [5.74, 6) is 1.23. The van der Waals surface area contributed by atoms with E-state index in [1.807, 2.05) is 0 Å². The van der Waals surface area contributed by atoms with Crippen molar-refractivity contribution in [2.24, 2.45) is 0 Å². The van der Waals surface area contributed by atoms with Gasteiger partial charge in [-0.05, 0) is 30.3 Å². The molecule has 2 aromatic rings. The fraction of sp³-hybridized carbons (Fsp3) is 0.348. The van der Waals surface area contributed by atoms with Crippen LogP contribution in [0, 0.1) is 0 Å². The number of aromatic nitrogens is 1. The predicted octanol–water partition coefficient (Wildman–Crippen LogP) is 1.41. The van der Waals surface area contributed by atoms with Gasteiger partial charge in [0.15, 0.2) is 0 Å². The number of pyridine rings is 1. The Morgan fingerprint density at radius 1 is 0.556 bits per heavy atom. The first kappa shape index (κ1) is 31.7. The van der Waals surface area contributed by atoms with E-state index in [9.17, 15) is 19.2 Å². The number of carbonyl (C=O) groups is 4. The molecule has 0 saturated carbocycles. The van der Waals surface area contributed by atoms with Crippen molar-refractivity contribution < 1.29 is 19.2 Å². The zero-order chi connectivity index (χ0) is 26.8. The summed E-state index contributed by atoms with van der Waals surface area (Å²) in [5, 5.41) is 10.7. The van der Waals surface area contributed by atoms with Crippen LogP contribution in [0.15, 0.2) is 42.5 Å². The predicted molar refractivity (Wildman–Crippen MR) is 155 cm³/mol. The fourth-order valence-electron chi connectivity index (χ4n) is 2.55. The van der Waals surface area contributed by atoms with Gasteiger partial charge in [-0.2, -0.15) is 50.5 Å². The Morgan fingerprint density at radius 2 is 0.889 bits per heavy atom. The van der Waals surface area contributed by atoms with Gasteiger partial charge in [-0.15, -0.1) is 0 Å². The third kappa shape index (κ3) is 12.1. The first-order chi connectivity index (χ1) is 17.4. The topological polar surface area (TPSA) is 129 Å². The van der Waals surface area contributed by atoms with Gasteiger partial charge in [-0.25, -0.2) is 4.98 Å². The van der Waals surface area contributed by atoms with Gasteiger partial charge in [0.05, 0.1) is 0 Å². The maximum Gasteiger partial charge on any atom is 0.269 e. The van der Waals surface area contributed by atoms with E-state index < -0.39 is 0 Å². The van der Waals surface area contributed by atoms with E-state index >= 15 is 0 Å². The molecule has 0 aliphatic rings. The van der Waals surface area contributed by atoms with E-state index in [1.54, 1.807) is 42.5 Å². The van der Waals surface area contributed by atoms with Crippen LogP contribution in [0.2, 0.25) is 0 Å². The molecule has 2 rings (SSSR count). The molecule has 0 atom stereocenters. The van der Waals surface area contributed by atoms with Crippen LogP contribution in [0.4, 0.5) is 0 Å². The Labute approximate surface area is 233 Å². The van der Waals surface area contributed by atoms with Gasteiger partial charge in [0, 0.05) is 60.3 Å². The molecule has 4 N–H and O–H groups in total. The molecule has 13 heteroatoms. The van der Waals surface area contributed by atoms with Crippen molar-refractivity contribution in [2.45, 2.75) is 0 Å². The Balaban J connectivity index is 0.000000360. The van der Waals surface area contributed by atoms with E-state index in [0.717, 1.165) is 0 Å². The number of rotatable bonds is 12. The monoisotopic (exact) mass is 569 g/mol. The molecular formula is C23H31N5O4S4. The molecule has 0 aliphatic carbocycles. The van der Waals surface area contributed by atoms with Crippen molar-refractivity contribution in [1.82, 2.24) is 26.3 Å².